The number of aryl methyl sites for hydroxylation is 1. The van der Waals surface area contributed by atoms with Crippen molar-refractivity contribution in [2.24, 2.45) is 7.05 Å². The Morgan fingerprint density at radius 2 is 1.86 bits per heavy atom. The molecule has 1 N–H and O–H groups in total. The van der Waals surface area contributed by atoms with Crippen LogP contribution >= 0.6 is 0 Å². The normalized spacial score (nSPS) is 25.2. The van der Waals surface area contributed by atoms with Gasteiger partial charge in [-0.05, 0) is 31.7 Å². The minimum absolute atomic E-state index is 0.0427. The Balaban J connectivity index is 1.34. The van der Waals surface area contributed by atoms with Crippen molar-refractivity contribution in [2.45, 2.75) is 43.0 Å². The van der Waals surface area contributed by atoms with Crippen LogP contribution in [0.25, 0.3) is 22.3 Å². The number of hydrogen-bond donors (Lipinski definition) is 1. The predicted octanol–water partition coefficient (Wildman–Crippen LogP) is 1.50. The number of piperazine rings is 1. The van der Waals surface area contributed by atoms with Crippen LogP contribution in [0.15, 0.2) is 24.8 Å². The number of fused-ring (bicyclic) bond motifs is 3. The van der Waals surface area contributed by atoms with Crippen LogP contribution in [0.3, 0.4) is 0 Å². The summed E-state index contributed by atoms with van der Waals surface area (Å²) in [5, 5.41) is 5.06. The molecule has 1 saturated carbocycles. The van der Waals surface area contributed by atoms with Crippen molar-refractivity contribution in [3.63, 3.8) is 0 Å². The van der Waals surface area contributed by atoms with Gasteiger partial charge in [-0.25, -0.2) is 18.4 Å². The molecule has 3 aromatic heterocycles. The van der Waals surface area contributed by atoms with Gasteiger partial charge in [0.2, 0.25) is 10.0 Å². The van der Waals surface area contributed by atoms with E-state index in [1.807, 2.05) is 23.7 Å². The number of anilines is 1. The van der Waals surface area contributed by atoms with Gasteiger partial charge in [0.05, 0.1) is 22.5 Å². The van der Waals surface area contributed by atoms with E-state index >= 15 is 0 Å². The topological polar surface area (TPSA) is 100 Å². The van der Waals surface area contributed by atoms with Crippen LogP contribution in [0.5, 0.6) is 0 Å². The smallest absolute Gasteiger partial charge is 0.217 e. The molecule has 29 heavy (non-hydrogen) atoms. The molecule has 5 heterocycles. The van der Waals surface area contributed by atoms with Crippen molar-refractivity contribution in [3.05, 3.63) is 24.8 Å². The largest absolute Gasteiger partial charge is 0.353 e. The second-order valence-electron chi connectivity index (χ2n) is 8.41. The van der Waals surface area contributed by atoms with E-state index in [0.29, 0.717) is 13.1 Å². The lowest BCUT2D eigenvalue weighted by Crippen LogP contribution is -2.56. The average Bonchev–Trinajstić information content (AvgIpc) is 3.25. The molecule has 3 aromatic rings. The highest BCUT2D eigenvalue weighted by Crippen LogP contribution is 2.41. The van der Waals surface area contributed by atoms with Crippen LogP contribution in [0.2, 0.25) is 0 Å². The van der Waals surface area contributed by atoms with Crippen LogP contribution in [-0.4, -0.2) is 67.9 Å². The summed E-state index contributed by atoms with van der Waals surface area (Å²) in [6.07, 6.45) is 8.84. The highest BCUT2D eigenvalue weighted by molar-refractivity contribution is 7.90. The molecule has 1 aliphatic carbocycles. The molecule has 2 aliphatic heterocycles. The quantitative estimate of drug-likeness (QED) is 0.696. The summed E-state index contributed by atoms with van der Waals surface area (Å²) in [5.74, 6) is 0.877. The zero-order valence-electron chi connectivity index (χ0n) is 16.2. The first kappa shape index (κ1) is 17.4. The fourth-order valence-electron chi connectivity index (χ4n) is 4.89. The van der Waals surface area contributed by atoms with E-state index in [9.17, 15) is 8.42 Å². The SMILES string of the molecule is Cn1cc(-c2cc3c(N4CC5CCC(C4)N5S(=O)(=O)C4CC4)ncnc3[nH]2)cn1. The van der Waals surface area contributed by atoms with Gasteiger partial charge in [-0.2, -0.15) is 9.40 Å². The molecular formula is C19H23N7O2S. The van der Waals surface area contributed by atoms with E-state index in [4.69, 9.17) is 0 Å². The maximum Gasteiger partial charge on any atom is 0.217 e. The molecule has 152 valence electrons. The molecule has 6 rings (SSSR count). The molecule has 3 aliphatic rings. The van der Waals surface area contributed by atoms with Crippen molar-refractivity contribution in [3.8, 4) is 11.3 Å². The Morgan fingerprint density at radius 1 is 1.10 bits per heavy atom. The predicted molar refractivity (Wildman–Crippen MR) is 109 cm³/mol. The summed E-state index contributed by atoms with van der Waals surface area (Å²) in [6, 6.07) is 2.15. The van der Waals surface area contributed by atoms with E-state index in [-0.39, 0.29) is 17.3 Å². The third-order valence-electron chi connectivity index (χ3n) is 6.37. The summed E-state index contributed by atoms with van der Waals surface area (Å²) < 4.78 is 29.4. The molecule has 0 amide bonds. The first-order valence-electron chi connectivity index (χ1n) is 10.1. The molecule has 2 saturated heterocycles. The third kappa shape index (κ3) is 2.69. The van der Waals surface area contributed by atoms with Crippen LogP contribution in [-0.2, 0) is 17.1 Å². The monoisotopic (exact) mass is 413 g/mol. The number of aromatic amines is 1. The number of sulfonamides is 1. The first-order chi connectivity index (χ1) is 14.0. The lowest BCUT2D eigenvalue weighted by Gasteiger charge is -2.40. The molecule has 2 bridgehead atoms. The highest BCUT2D eigenvalue weighted by Gasteiger charge is 2.51. The molecule has 10 heteroatoms. The standard InChI is InChI=1S/C19H23N7O2S/c1-24-8-12(7-22-24)17-6-16-18(23-17)20-11-21-19(16)25-9-13-2-3-14(10-25)26(13)29(27,28)15-4-5-15/h6-8,11,13-15H,2-5,9-10H2,1H3,(H,20,21,23). The number of rotatable bonds is 4. The summed E-state index contributed by atoms with van der Waals surface area (Å²) in [7, 11) is -1.25. The average molecular weight is 414 g/mol. The first-order valence-corrected chi connectivity index (χ1v) is 11.6. The van der Waals surface area contributed by atoms with E-state index in [1.54, 1.807) is 11.0 Å². The lowest BCUT2D eigenvalue weighted by molar-refractivity contribution is 0.285. The molecule has 0 aromatic carbocycles. The maximum atomic E-state index is 12.9. The maximum absolute atomic E-state index is 12.9. The van der Waals surface area contributed by atoms with Crippen molar-refractivity contribution in [1.82, 2.24) is 29.0 Å². The molecule has 2 atom stereocenters. The Labute approximate surface area is 168 Å². The Morgan fingerprint density at radius 3 is 2.52 bits per heavy atom. The Bertz CT molecular complexity index is 1180. The number of aromatic nitrogens is 5. The number of nitrogens with one attached hydrogen (secondary N) is 1. The molecule has 2 unspecified atom stereocenters. The van der Waals surface area contributed by atoms with E-state index < -0.39 is 10.0 Å². The van der Waals surface area contributed by atoms with Gasteiger partial charge >= 0.3 is 0 Å². The van der Waals surface area contributed by atoms with Crippen LogP contribution in [0.1, 0.15) is 25.7 Å². The van der Waals surface area contributed by atoms with Gasteiger partial charge in [0.15, 0.2) is 0 Å². The van der Waals surface area contributed by atoms with E-state index in [2.05, 4.69) is 31.0 Å². The van der Waals surface area contributed by atoms with Gasteiger partial charge in [0.25, 0.3) is 0 Å². The fraction of sp³-hybridized carbons (Fsp3) is 0.526. The van der Waals surface area contributed by atoms with Crippen molar-refractivity contribution in [2.75, 3.05) is 18.0 Å². The minimum Gasteiger partial charge on any atom is -0.353 e. The minimum atomic E-state index is -3.14. The van der Waals surface area contributed by atoms with Gasteiger partial charge in [-0.15, -0.1) is 0 Å². The van der Waals surface area contributed by atoms with E-state index in [1.165, 1.54) is 0 Å². The summed E-state index contributed by atoms with van der Waals surface area (Å²) in [5.41, 5.74) is 2.74. The molecule has 0 spiro atoms. The van der Waals surface area contributed by atoms with Gasteiger partial charge in [0, 0.05) is 44.0 Å². The number of H-pyrrole nitrogens is 1. The van der Waals surface area contributed by atoms with Gasteiger partial charge in [-0.3, -0.25) is 4.68 Å². The zero-order chi connectivity index (χ0) is 19.8. The number of nitrogens with zero attached hydrogens (tertiary/aromatic N) is 6. The highest BCUT2D eigenvalue weighted by atomic mass is 32.2. The summed E-state index contributed by atoms with van der Waals surface area (Å²) in [6.45, 7) is 1.37. The second-order valence-corrected chi connectivity index (χ2v) is 10.5. The molecule has 9 nitrogen and oxygen atoms in total. The lowest BCUT2D eigenvalue weighted by atomic mass is 10.2. The zero-order valence-corrected chi connectivity index (χ0v) is 17.0. The van der Waals surface area contributed by atoms with Gasteiger partial charge in [-0.1, -0.05) is 0 Å². The van der Waals surface area contributed by atoms with Crippen LogP contribution in [0, 0.1) is 0 Å². The summed E-state index contributed by atoms with van der Waals surface area (Å²) in [4.78, 5) is 14.6. The van der Waals surface area contributed by atoms with Gasteiger partial charge < -0.3 is 9.88 Å². The second kappa shape index (κ2) is 6.02. The third-order valence-corrected chi connectivity index (χ3v) is 8.87. The Kier molecular flexibility index (Phi) is 3.61. The van der Waals surface area contributed by atoms with Gasteiger partial charge in [0.1, 0.15) is 17.8 Å². The Hall–Kier alpha value is -2.46. The van der Waals surface area contributed by atoms with Crippen molar-refractivity contribution in [1.29, 1.82) is 0 Å². The number of hydrogen-bond acceptors (Lipinski definition) is 6. The van der Waals surface area contributed by atoms with Crippen LogP contribution < -0.4 is 4.90 Å². The van der Waals surface area contributed by atoms with Crippen molar-refractivity contribution < 1.29 is 8.42 Å². The summed E-state index contributed by atoms with van der Waals surface area (Å²) >= 11 is 0. The molecular weight excluding hydrogens is 390 g/mol. The van der Waals surface area contributed by atoms with E-state index in [0.717, 1.165) is 53.8 Å². The van der Waals surface area contributed by atoms with Crippen molar-refractivity contribution >= 4 is 26.9 Å². The fourth-order valence-corrected chi connectivity index (χ4v) is 7.14. The molecule has 3 fully saturated rings. The van der Waals surface area contributed by atoms with Crippen LogP contribution in [0.4, 0.5) is 5.82 Å². The molecule has 0 radical (unpaired) electrons.